The Kier molecular flexibility index (Phi) is 6.69. The van der Waals surface area contributed by atoms with Gasteiger partial charge in [0, 0.05) is 12.6 Å². The topological polar surface area (TPSA) is 50.4 Å². The van der Waals surface area contributed by atoms with Gasteiger partial charge in [-0.15, -0.1) is 0 Å². The molecule has 1 unspecified atom stereocenters. The number of nitrogens with one attached hydrogen (secondary N) is 2. The fourth-order valence-corrected chi connectivity index (χ4v) is 1.95. The number of hydrogen-bond donors (Lipinski definition) is 2. The van der Waals surface area contributed by atoms with Gasteiger partial charge in [0.2, 0.25) is 0 Å². The molecule has 0 aliphatic carbocycles. The SMILES string of the molecule is Cc1cccc(CCNC(C)CNC(=O)OC(C)(C)C)c1. The molecule has 0 aromatic heterocycles. The molecule has 4 heteroatoms. The van der Waals surface area contributed by atoms with Gasteiger partial charge in [0.25, 0.3) is 0 Å². The number of aryl methyl sites for hydroxylation is 1. The molecule has 0 bridgehead atoms. The second-order valence-corrected chi connectivity index (χ2v) is 6.48. The predicted octanol–water partition coefficient (Wildman–Crippen LogP) is 3.04. The Morgan fingerprint density at radius 3 is 2.67 bits per heavy atom. The Morgan fingerprint density at radius 1 is 1.33 bits per heavy atom. The van der Waals surface area contributed by atoms with E-state index in [1.807, 2.05) is 27.7 Å². The van der Waals surface area contributed by atoms with E-state index in [1.54, 1.807) is 0 Å². The number of benzene rings is 1. The quantitative estimate of drug-likeness (QED) is 0.847. The van der Waals surface area contributed by atoms with E-state index in [-0.39, 0.29) is 12.1 Å². The molecule has 0 aliphatic rings. The van der Waals surface area contributed by atoms with Gasteiger partial charge in [0.05, 0.1) is 0 Å². The summed E-state index contributed by atoms with van der Waals surface area (Å²) < 4.78 is 5.20. The second-order valence-electron chi connectivity index (χ2n) is 6.48. The number of amides is 1. The average molecular weight is 292 g/mol. The molecular formula is C17H28N2O2. The second kappa shape index (κ2) is 8.03. The van der Waals surface area contributed by atoms with Gasteiger partial charge in [0.1, 0.15) is 5.60 Å². The molecular weight excluding hydrogens is 264 g/mol. The van der Waals surface area contributed by atoms with Crippen molar-refractivity contribution in [1.29, 1.82) is 0 Å². The van der Waals surface area contributed by atoms with Crippen molar-refractivity contribution in [3.63, 3.8) is 0 Å². The molecule has 0 radical (unpaired) electrons. The predicted molar refractivity (Wildman–Crippen MR) is 86.6 cm³/mol. The van der Waals surface area contributed by atoms with E-state index < -0.39 is 5.60 Å². The van der Waals surface area contributed by atoms with Crippen LogP contribution < -0.4 is 10.6 Å². The van der Waals surface area contributed by atoms with Crippen molar-refractivity contribution in [2.45, 2.75) is 52.7 Å². The lowest BCUT2D eigenvalue weighted by molar-refractivity contribution is 0.0523. The zero-order valence-corrected chi connectivity index (χ0v) is 13.8. The first-order chi connectivity index (χ1) is 9.76. The summed E-state index contributed by atoms with van der Waals surface area (Å²) >= 11 is 0. The fraction of sp³-hybridized carbons (Fsp3) is 0.588. The maximum atomic E-state index is 11.5. The highest BCUT2D eigenvalue weighted by atomic mass is 16.6. The van der Waals surface area contributed by atoms with Crippen LogP contribution in [-0.4, -0.2) is 30.8 Å². The van der Waals surface area contributed by atoms with Crippen molar-refractivity contribution in [3.05, 3.63) is 35.4 Å². The number of alkyl carbamates (subject to hydrolysis) is 1. The summed E-state index contributed by atoms with van der Waals surface area (Å²) in [4.78, 5) is 11.5. The number of carbonyl (C=O) groups is 1. The van der Waals surface area contributed by atoms with Crippen LogP contribution in [0.15, 0.2) is 24.3 Å². The minimum atomic E-state index is -0.452. The molecule has 118 valence electrons. The average Bonchev–Trinajstić information content (AvgIpc) is 2.34. The van der Waals surface area contributed by atoms with Crippen LogP contribution in [-0.2, 0) is 11.2 Å². The molecule has 0 aliphatic heterocycles. The summed E-state index contributed by atoms with van der Waals surface area (Å²) in [5, 5.41) is 6.17. The van der Waals surface area contributed by atoms with Gasteiger partial charge in [-0.05, 0) is 53.1 Å². The van der Waals surface area contributed by atoms with Crippen LogP contribution in [0.25, 0.3) is 0 Å². The van der Waals surface area contributed by atoms with Crippen molar-refractivity contribution in [2.24, 2.45) is 0 Å². The highest BCUT2D eigenvalue weighted by Gasteiger charge is 2.16. The van der Waals surface area contributed by atoms with Crippen LogP contribution in [0.2, 0.25) is 0 Å². The largest absolute Gasteiger partial charge is 0.444 e. The molecule has 2 N–H and O–H groups in total. The van der Waals surface area contributed by atoms with Gasteiger partial charge in [-0.2, -0.15) is 0 Å². The van der Waals surface area contributed by atoms with Gasteiger partial charge >= 0.3 is 6.09 Å². The van der Waals surface area contributed by atoms with Crippen molar-refractivity contribution in [2.75, 3.05) is 13.1 Å². The van der Waals surface area contributed by atoms with Gasteiger partial charge in [-0.3, -0.25) is 0 Å². The minimum absolute atomic E-state index is 0.210. The van der Waals surface area contributed by atoms with E-state index in [2.05, 4.69) is 41.8 Å². The molecule has 4 nitrogen and oxygen atoms in total. The van der Waals surface area contributed by atoms with Crippen LogP contribution in [0, 0.1) is 6.92 Å². The molecule has 21 heavy (non-hydrogen) atoms. The van der Waals surface area contributed by atoms with Crippen LogP contribution in [0.1, 0.15) is 38.8 Å². The number of carbonyl (C=O) groups excluding carboxylic acids is 1. The Bertz CT molecular complexity index is 452. The van der Waals surface area contributed by atoms with Gasteiger partial charge < -0.3 is 15.4 Å². The highest BCUT2D eigenvalue weighted by Crippen LogP contribution is 2.06. The Morgan fingerprint density at radius 2 is 2.05 bits per heavy atom. The standard InChI is InChI=1S/C17H28N2O2/c1-13-7-6-8-15(11-13)9-10-18-14(2)12-19-16(20)21-17(3,4)5/h6-8,11,14,18H,9-10,12H2,1-5H3,(H,19,20). The number of ether oxygens (including phenoxy) is 1. The normalized spacial score (nSPS) is 12.8. The lowest BCUT2D eigenvalue weighted by atomic mass is 10.1. The van der Waals surface area contributed by atoms with Crippen LogP contribution in [0.4, 0.5) is 4.79 Å². The van der Waals surface area contributed by atoms with E-state index >= 15 is 0 Å². The third-order valence-electron chi connectivity index (χ3n) is 2.94. The maximum absolute atomic E-state index is 11.5. The molecule has 1 rings (SSSR count). The summed E-state index contributed by atoms with van der Waals surface area (Å²) in [5.41, 5.74) is 2.16. The van der Waals surface area contributed by atoms with Gasteiger partial charge in [-0.1, -0.05) is 29.8 Å². The minimum Gasteiger partial charge on any atom is -0.444 e. The van der Waals surface area contributed by atoms with E-state index in [0.717, 1.165) is 13.0 Å². The Balaban J connectivity index is 2.19. The Labute approximate surface area is 128 Å². The number of hydrogen-bond acceptors (Lipinski definition) is 3. The van der Waals surface area contributed by atoms with Crippen LogP contribution in [0.3, 0.4) is 0 Å². The number of rotatable bonds is 6. The van der Waals surface area contributed by atoms with Crippen molar-refractivity contribution >= 4 is 6.09 Å². The molecule has 1 atom stereocenters. The summed E-state index contributed by atoms with van der Waals surface area (Å²) in [6, 6.07) is 8.73. The first kappa shape index (κ1) is 17.5. The molecule has 1 aromatic rings. The molecule has 0 fully saturated rings. The van der Waals surface area contributed by atoms with E-state index in [1.165, 1.54) is 11.1 Å². The summed E-state index contributed by atoms with van der Waals surface area (Å²) in [7, 11) is 0. The van der Waals surface area contributed by atoms with Crippen molar-refractivity contribution < 1.29 is 9.53 Å². The van der Waals surface area contributed by atoms with Crippen LogP contribution in [0.5, 0.6) is 0 Å². The van der Waals surface area contributed by atoms with E-state index in [9.17, 15) is 4.79 Å². The molecule has 0 saturated carbocycles. The van der Waals surface area contributed by atoms with Gasteiger partial charge in [-0.25, -0.2) is 4.79 Å². The maximum Gasteiger partial charge on any atom is 0.407 e. The van der Waals surface area contributed by atoms with E-state index in [4.69, 9.17) is 4.74 Å². The lowest BCUT2D eigenvalue weighted by Crippen LogP contribution is -2.41. The zero-order valence-electron chi connectivity index (χ0n) is 13.8. The highest BCUT2D eigenvalue weighted by molar-refractivity contribution is 5.67. The molecule has 1 aromatic carbocycles. The first-order valence-electron chi connectivity index (χ1n) is 7.52. The van der Waals surface area contributed by atoms with Crippen molar-refractivity contribution in [1.82, 2.24) is 10.6 Å². The fourth-order valence-electron chi connectivity index (χ4n) is 1.95. The summed E-state index contributed by atoms with van der Waals surface area (Å²) in [6.45, 7) is 11.2. The smallest absolute Gasteiger partial charge is 0.407 e. The molecule has 0 saturated heterocycles. The Hall–Kier alpha value is -1.55. The first-order valence-corrected chi connectivity index (χ1v) is 7.52. The third-order valence-corrected chi connectivity index (χ3v) is 2.94. The van der Waals surface area contributed by atoms with Crippen molar-refractivity contribution in [3.8, 4) is 0 Å². The van der Waals surface area contributed by atoms with Crippen LogP contribution >= 0.6 is 0 Å². The lowest BCUT2D eigenvalue weighted by Gasteiger charge is -2.21. The summed E-state index contributed by atoms with van der Waals surface area (Å²) in [5.74, 6) is 0. The molecule has 0 heterocycles. The summed E-state index contributed by atoms with van der Waals surface area (Å²) in [6.07, 6.45) is 0.619. The third kappa shape index (κ3) is 8.35. The zero-order chi connectivity index (χ0) is 15.9. The monoisotopic (exact) mass is 292 g/mol. The molecule has 1 amide bonds. The van der Waals surface area contributed by atoms with E-state index in [0.29, 0.717) is 6.54 Å². The van der Waals surface area contributed by atoms with Gasteiger partial charge in [0.15, 0.2) is 0 Å². The molecule has 0 spiro atoms.